The monoisotopic (exact) mass is 564 g/mol. The molecule has 0 spiro atoms. The zero-order valence-electron chi connectivity index (χ0n) is 23.3. The highest BCUT2D eigenvalue weighted by molar-refractivity contribution is 5.95. The van der Waals surface area contributed by atoms with E-state index in [1.807, 2.05) is 24.3 Å². The molecule has 5 nitrogen and oxygen atoms in total. The number of nitrogens with zero attached hydrogens (tertiary/aromatic N) is 1. The van der Waals surface area contributed by atoms with E-state index in [0.717, 1.165) is 52.4 Å². The third-order valence-corrected chi connectivity index (χ3v) is 8.13. The molecule has 0 saturated heterocycles. The lowest BCUT2D eigenvalue weighted by Gasteiger charge is -2.20. The highest BCUT2D eigenvalue weighted by atomic mass is 19.1. The lowest BCUT2D eigenvalue weighted by Crippen LogP contribution is -2.16. The van der Waals surface area contributed by atoms with Crippen molar-refractivity contribution in [2.45, 2.75) is 57.3 Å². The minimum absolute atomic E-state index is 0.0721. The number of hydrogen-bond donors (Lipinski definition) is 1. The lowest BCUT2D eigenvalue weighted by molar-refractivity contribution is -0.118. The molecular weight excluding hydrogens is 534 g/mol. The molecule has 2 aliphatic carbocycles. The number of Topliss-reactive ketones (excluding diaryl/α,β-unsaturated/α-hetero) is 2. The molecular formula is C35H30F2N2O3. The summed E-state index contributed by atoms with van der Waals surface area (Å²) in [6.07, 6.45) is 6.75. The van der Waals surface area contributed by atoms with Crippen LogP contribution >= 0.6 is 0 Å². The molecule has 1 saturated carbocycles. The van der Waals surface area contributed by atoms with Crippen molar-refractivity contribution in [3.05, 3.63) is 129 Å². The quantitative estimate of drug-likeness (QED) is 0.208. The predicted molar refractivity (Wildman–Crippen MR) is 157 cm³/mol. The average molecular weight is 565 g/mol. The molecule has 0 amide bonds. The maximum absolute atomic E-state index is 14.1. The second kappa shape index (κ2) is 11.4. The number of aromatic amines is 1. The molecule has 2 aromatic heterocycles. The third kappa shape index (κ3) is 5.91. The number of hydrogen-bond acceptors (Lipinski definition) is 4. The number of pyridine rings is 2. The number of carbonyl (C=O) groups is 2. The zero-order valence-corrected chi connectivity index (χ0v) is 23.3. The number of halogens is 2. The van der Waals surface area contributed by atoms with Gasteiger partial charge in [-0.3, -0.25) is 19.4 Å². The van der Waals surface area contributed by atoms with E-state index in [9.17, 15) is 23.2 Å². The minimum Gasteiger partial charge on any atom is -0.322 e. The fraction of sp³-hybridized carbons (Fsp3) is 0.257. The van der Waals surface area contributed by atoms with Crippen LogP contribution in [-0.4, -0.2) is 21.5 Å². The van der Waals surface area contributed by atoms with Crippen LogP contribution in [0.5, 0.6) is 0 Å². The maximum atomic E-state index is 14.1. The molecule has 42 heavy (non-hydrogen) atoms. The van der Waals surface area contributed by atoms with Gasteiger partial charge in [0.15, 0.2) is 5.78 Å². The Morgan fingerprint density at radius 3 is 2.55 bits per heavy atom. The summed E-state index contributed by atoms with van der Waals surface area (Å²) >= 11 is 0. The first kappa shape index (κ1) is 27.6. The first-order valence-electron chi connectivity index (χ1n) is 14.2. The van der Waals surface area contributed by atoms with Crippen molar-refractivity contribution in [3.8, 4) is 11.1 Å². The number of aromatic nitrogens is 2. The minimum atomic E-state index is -0.687. The maximum Gasteiger partial charge on any atom is 0.251 e. The first-order valence-corrected chi connectivity index (χ1v) is 14.2. The first-order chi connectivity index (χ1) is 20.2. The average Bonchev–Trinajstić information content (AvgIpc) is 3.74. The summed E-state index contributed by atoms with van der Waals surface area (Å²) in [4.78, 5) is 46.0. The highest BCUT2D eigenvalue weighted by Crippen LogP contribution is 2.40. The molecule has 2 heterocycles. The molecule has 0 aliphatic heterocycles. The topological polar surface area (TPSA) is 79.9 Å². The molecule has 7 heteroatoms. The SMILES string of the molecule is CC(=O)c1cccc(-c2cccnc2[C@@H](CC(=O)CC2=CCc3cc(C4CC4)c(=O)[nH]c32)Cc2cc(F)cc(F)c2)c1. The molecule has 2 aliphatic rings. The molecule has 0 bridgehead atoms. The molecule has 1 fully saturated rings. The smallest absolute Gasteiger partial charge is 0.251 e. The summed E-state index contributed by atoms with van der Waals surface area (Å²) in [5.41, 5.74) is 6.38. The Bertz CT molecular complexity index is 1780. The number of nitrogens with one attached hydrogen (secondary N) is 1. The van der Waals surface area contributed by atoms with E-state index < -0.39 is 17.6 Å². The van der Waals surface area contributed by atoms with E-state index in [1.165, 1.54) is 19.1 Å². The molecule has 0 radical (unpaired) electrons. The number of allylic oxidation sites excluding steroid dienone is 2. The standard InChI is InChI=1S/C35H30F2N2O3/c1-20(40)23-4-2-5-24(15-23)31-6-3-11-38-34(31)27(12-21-13-28(36)19-29(37)14-21)17-30(41)16-25-9-10-26-18-32(22-7-8-22)35(42)39-33(25)26/h2-6,9,11,13-15,18-19,22,27H,7-8,10,12,16-17H2,1H3,(H,39,42)/t27-/m1/s1. The summed E-state index contributed by atoms with van der Waals surface area (Å²) < 4.78 is 28.3. The number of ketones is 2. The number of fused-ring (bicyclic) bond motifs is 1. The summed E-state index contributed by atoms with van der Waals surface area (Å²) in [6.45, 7) is 1.50. The van der Waals surface area contributed by atoms with Crippen LogP contribution in [0.4, 0.5) is 8.78 Å². The molecule has 6 rings (SSSR count). The second-order valence-corrected chi connectivity index (χ2v) is 11.3. The van der Waals surface area contributed by atoms with Crippen molar-refractivity contribution in [2.24, 2.45) is 0 Å². The van der Waals surface area contributed by atoms with Gasteiger partial charge in [0.2, 0.25) is 0 Å². The van der Waals surface area contributed by atoms with E-state index in [-0.39, 0.29) is 36.4 Å². The van der Waals surface area contributed by atoms with Crippen LogP contribution in [0.15, 0.2) is 77.7 Å². The van der Waals surface area contributed by atoms with Gasteiger partial charge in [-0.2, -0.15) is 0 Å². The van der Waals surface area contributed by atoms with Gasteiger partial charge in [0, 0.05) is 53.4 Å². The van der Waals surface area contributed by atoms with E-state index in [0.29, 0.717) is 29.2 Å². The van der Waals surface area contributed by atoms with E-state index in [2.05, 4.69) is 9.97 Å². The van der Waals surface area contributed by atoms with Crippen molar-refractivity contribution < 1.29 is 18.4 Å². The summed E-state index contributed by atoms with van der Waals surface area (Å²) in [6, 6.07) is 16.2. The molecule has 4 aromatic rings. The van der Waals surface area contributed by atoms with E-state index >= 15 is 0 Å². The summed E-state index contributed by atoms with van der Waals surface area (Å²) in [7, 11) is 0. The van der Waals surface area contributed by atoms with Crippen LogP contribution < -0.4 is 5.56 Å². The summed E-state index contributed by atoms with van der Waals surface area (Å²) in [5.74, 6) is -1.68. The molecule has 2 aromatic carbocycles. The Hall–Kier alpha value is -4.52. The Morgan fingerprint density at radius 2 is 1.81 bits per heavy atom. The molecule has 212 valence electrons. The van der Waals surface area contributed by atoms with Gasteiger partial charge in [-0.25, -0.2) is 8.78 Å². The van der Waals surface area contributed by atoms with Gasteiger partial charge in [0.25, 0.3) is 5.56 Å². The summed E-state index contributed by atoms with van der Waals surface area (Å²) in [5, 5.41) is 0. The second-order valence-electron chi connectivity index (χ2n) is 11.3. The van der Waals surface area contributed by atoms with Crippen LogP contribution in [0.3, 0.4) is 0 Å². The number of H-pyrrole nitrogens is 1. The van der Waals surface area contributed by atoms with Gasteiger partial charge < -0.3 is 4.98 Å². The number of rotatable bonds is 10. The van der Waals surface area contributed by atoms with Gasteiger partial charge in [0.05, 0.1) is 5.69 Å². The molecule has 1 N–H and O–H groups in total. The highest BCUT2D eigenvalue weighted by Gasteiger charge is 2.29. The van der Waals surface area contributed by atoms with Crippen molar-refractivity contribution in [2.75, 3.05) is 0 Å². The normalized spacial score (nSPS) is 14.8. The Labute approximate surface area is 242 Å². The predicted octanol–water partition coefficient (Wildman–Crippen LogP) is 7.11. The lowest BCUT2D eigenvalue weighted by atomic mass is 9.85. The number of benzene rings is 2. The molecule has 0 unspecified atom stereocenters. The largest absolute Gasteiger partial charge is 0.322 e. The number of carbonyl (C=O) groups excluding carboxylic acids is 2. The fourth-order valence-corrected chi connectivity index (χ4v) is 5.96. The molecule has 1 atom stereocenters. The fourth-order valence-electron chi connectivity index (χ4n) is 5.96. The van der Waals surface area contributed by atoms with Gasteiger partial charge in [-0.15, -0.1) is 0 Å². The van der Waals surface area contributed by atoms with E-state index in [4.69, 9.17) is 0 Å². The Kier molecular flexibility index (Phi) is 7.50. The Morgan fingerprint density at radius 1 is 1.02 bits per heavy atom. The van der Waals surface area contributed by atoms with Crippen molar-refractivity contribution >= 4 is 17.1 Å². The van der Waals surface area contributed by atoms with Crippen LogP contribution in [-0.2, 0) is 17.6 Å². The van der Waals surface area contributed by atoms with Crippen molar-refractivity contribution in [3.63, 3.8) is 0 Å². The van der Waals surface area contributed by atoms with Gasteiger partial charge in [0.1, 0.15) is 17.4 Å². The van der Waals surface area contributed by atoms with Gasteiger partial charge in [-0.05, 0) is 91.1 Å². The van der Waals surface area contributed by atoms with E-state index in [1.54, 1.807) is 30.5 Å². The van der Waals surface area contributed by atoms with Gasteiger partial charge >= 0.3 is 0 Å². The van der Waals surface area contributed by atoms with Crippen molar-refractivity contribution in [1.29, 1.82) is 0 Å². The van der Waals surface area contributed by atoms with Crippen LogP contribution in [0.25, 0.3) is 16.7 Å². The zero-order chi connectivity index (χ0) is 29.4. The third-order valence-electron chi connectivity index (χ3n) is 8.13. The van der Waals surface area contributed by atoms with Gasteiger partial charge in [-0.1, -0.05) is 30.3 Å². The van der Waals surface area contributed by atoms with Crippen LogP contribution in [0.1, 0.15) is 82.9 Å². The Balaban J connectivity index is 1.31. The van der Waals surface area contributed by atoms with Crippen LogP contribution in [0.2, 0.25) is 0 Å². The van der Waals surface area contributed by atoms with Crippen LogP contribution in [0, 0.1) is 11.6 Å². The van der Waals surface area contributed by atoms with Crippen molar-refractivity contribution in [1.82, 2.24) is 9.97 Å².